The van der Waals surface area contributed by atoms with Gasteiger partial charge in [0.25, 0.3) is 11.8 Å². The Morgan fingerprint density at radius 1 is 0.968 bits per heavy atom. The Labute approximate surface area is 183 Å². The van der Waals surface area contributed by atoms with Gasteiger partial charge < -0.3 is 20.1 Å². The Morgan fingerprint density at radius 3 is 2.29 bits per heavy atom. The van der Waals surface area contributed by atoms with Gasteiger partial charge in [-0.15, -0.1) is 0 Å². The Bertz CT molecular complexity index is 893. The third kappa shape index (κ3) is 7.77. The third-order valence-electron chi connectivity index (χ3n) is 4.61. The normalized spacial score (nSPS) is 11.5. The number of ether oxygens (including phenoxy) is 2. The van der Waals surface area contributed by atoms with Gasteiger partial charge >= 0.3 is 5.97 Å². The lowest BCUT2D eigenvalue weighted by Gasteiger charge is -2.15. The van der Waals surface area contributed by atoms with Crippen molar-refractivity contribution in [3.05, 3.63) is 65.2 Å². The lowest BCUT2D eigenvalue weighted by atomic mass is 10.00. The number of carbonyl (C=O) groups is 3. The molecule has 0 aliphatic carbocycles. The fourth-order valence-electron chi connectivity index (χ4n) is 3.06. The van der Waals surface area contributed by atoms with E-state index in [4.69, 9.17) is 9.47 Å². The van der Waals surface area contributed by atoms with Crippen molar-refractivity contribution in [2.75, 3.05) is 20.3 Å². The summed E-state index contributed by atoms with van der Waals surface area (Å²) in [5, 5.41) is 5.25. The number of amides is 2. The molecule has 1 atom stereocenters. The van der Waals surface area contributed by atoms with E-state index in [1.165, 1.54) is 12.7 Å². The molecule has 2 N–H and O–H groups in total. The largest absolute Gasteiger partial charge is 0.496 e. The second-order valence-electron chi connectivity index (χ2n) is 7.67. The zero-order chi connectivity index (χ0) is 22.8. The Kier molecular flexibility index (Phi) is 9.06. The highest BCUT2D eigenvalue weighted by Gasteiger charge is 2.15. The number of para-hydroxylation sites is 1. The third-order valence-corrected chi connectivity index (χ3v) is 4.61. The van der Waals surface area contributed by atoms with Crippen LogP contribution >= 0.6 is 0 Å². The Morgan fingerprint density at radius 2 is 1.65 bits per heavy atom. The van der Waals surface area contributed by atoms with Crippen molar-refractivity contribution >= 4 is 17.8 Å². The van der Waals surface area contributed by atoms with E-state index >= 15 is 0 Å². The highest BCUT2D eigenvalue weighted by atomic mass is 16.5. The molecule has 2 aromatic rings. The molecule has 0 aliphatic rings. The van der Waals surface area contributed by atoms with Gasteiger partial charge in [0, 0.05) is 0 Å². The van der Waals surface area contributed by atoms with Gasteiger partial charge in [-0.3, -0.25) is 14.4 Å². The number of carbonyl (C=O) groups excluding carboxylic acids is 3. The van der Waals surface area contributed by atoms with Crippen LogP contribution < -0.4 is 15.4 Å². The fraction of sp³-hybridized carbons (Fsp3) is 0.375. The molecule has 0 heterocycles. The highest BCUT2D eigenvalue weighted by Crippen LogP contribution is 2.17. The summed E-state index contributed by atoms with van der Waals surface area (Å²) in [6, 6.07) is 14.5. The van der Waals surface area contributed by atoms with Crippen molar-refractivity contribution in [2.45, 2.75) is 33.2 Å². The summed E-state index contributed by atoms with van der Waals surface area (Å²) >= 11 is 0. The van der Waals surface area contributed by atoms with Crippen molar-refractivity contribution in [3.8, 4) is 5.75 Å². The minimum atomic E-state index is -0.705. The zero-order valence-corrected chi connectivity index (χ0v) is 18.4. The van der Waals surface area contributed by atoms with Gasteiger partial charge in [-0.1, -0.05) is 50.2 Å². The van der Waals surface area contributed by atoms with Crippen LogP contribution in [0.1, 0.15) is 48.3 Å². The zero-order valence-electron chi connectivity index (χ0n) is 18.4. The molecule has 31 heavy (non-hydrogen) atoms. The van der Waals surface area contributed by atoms with Gasteiger partial charge in [0.05, 0.1) is 18.7 Å². The highest BCUT2D eigenvalue weighted by molar-refractivity contribution is 5.98. The molecule has 0 bridgehead atoms. The Balaban J connectivity index is 1.75. The predicted octanol–water partition coefficient (Wildman–Crippen LogP) is 3.04. The van der Waals surface area contributed by atoms with Crippen molar-refractivity contribution in [2.24, 2.45) is 5.92 Å². The number of hydrogen-bond acceptors (Lipinski definition) is 5. The summed E-state index contributed by atoms with van der Waals surface area (Å²) in [7, 11) is 1.46. The van der Waals surface area contributed by atoms with E-state index in [1.807, 2.05) is 19.1 Å². The van der Waals surface area contributed by atoms with Gasteiger partial charge in [0.2, 0.25) is 0 Å². The van der Waals surface area contributed by atoms with E-state index in [0.29, 0.717) is 17.2 Å². The summed E-state index contributed by atoms with van der Waals surface area (Å²) < 4.78 is 10.1. The molecule has 0 spiro atoms. The molecule has 166 valence electrons. The molecule has 2 aromatic carbocycles. The van der Waals surface area contributed by atoms with Crippen LogP contribution in [0.5, 0.6) is 5.75 Å². The van der Waals surface area contributed by atoms with E-state index in [1.54, 1.807) is 24.3 Å². The van der Waals surface area contributed by atoms with Crippen molar-refractivity contribution < 1.29 is 23.9 Å². The number of hydrogen-bond donors (Lipinski definition) is 2. The predicted molar refractivity (Wildman–Crippen MR) is 118 cm³/mol. The van der Waals surface area contributed by atoms with E-state index < -0.39 is 24.4 Å². The molecule has 2 amide bonds. The molecular formula is C24H30N2O5. The molecule has 0 unspecified atom stereocenters. The van der Waals surface area contributed by atoms with Crippen LogP contribution in [0.2, 0.25) is 0 Å². The second kappa shape index (κ2) is 11.7. The number of esters is 1. The molecule has 0 aliphatic heterocycles. The molecular weight excluding hydrogens is 396 g/mol. The van der Waals surface area contributed by atoms with E-state index in [0.717, 1.165) is 12.0 Å². The van der Waals surface area contributed by atoms with E-state index in [2.05, 4.69) is 36.6 Å². The van der Waals surface area contributed by atoms with Crippen LogP contribution in [0.25, 0.3) is 0 Å². The molecule has 2 rings (SSSR count). The maximum absolute atomic E-state index is 12.2. The average Bonchev–Trinajstić information content (AvgIpc) is 2.76. The van der Waals surface area contributed by atoms with Crippen molar-refractivity contribution in [3.63, 3.8) is 0 Å². The van der Waals surface area contributed by atoms with Crippen molar-refractivity contribution in [1.29, 1.82) is 0 Å². The van der Waals surface area contributed by atoms with Crippen LogP contribution in [-0.2, 0) is 20.7 Å². The standard InChI is InChI=1S/C24H30N2O5/c1-16(2)13-18-9-11-19(12-10-18)17(3)26-22(27)15-31-23(28)14-25-24(29)20-7-5-6-8-21(20)30-4/h5-12,16-17H,13-15H2,1-4H3,(H,25,29)(H,26,27)/t17-/m1/s1. The Hall–Kier alpha value is -3.35. The van der Waals surface area contributed by atoms with Crippen LogP contribution in [0, 0.1) is 5.92 Å². The van der Waals surface area contributed by atoms with Crippen LogP contribution in [0.15, 0.2) is 48.5 Å². The number of benzene rings is 2. The smallest absolute Gasteiger partial charge is 0.325 e. The number of rotatable bonds is 10. The number of methoxy groups -OCH3 is 1. The van der Waals surface area contributed by atoms with Gasteiger partial charge in [0.15, 0.2) is 6.61 Å². The minimum Gasteiger partial charge on any atom is -0.496 e. The van der Waals surface area contributed by atoms with Crippen LogP contribution in [0.3, 0.4) is 0 Å². The first-order valence-electron chi connectivity index (χ1n) is 10.2. The molecule has 7 nitrogen and oxygen atoms in total. The molecule has 0 radical (unpaired) electrons. The summed E-state index contributed by atoms with van der Waals surface area (Å²) in [5.74, 6) is -0.600. The van der Waals surface area contributed by atoms with Crippen LogP contribution in [0.4, 0.5) is 0 Å². The first-order chi connectivity index (χ1) is 14.8. The maximum atomic E-state index is 12.2. The van der Waals surface area contributed by atoms with Gasteiger partial charge in [-0.05, 0) is 42.5 Å². The van der Waals surface area contributed by atoms with E-state index in [9.17, 15) is 14.4 Å². The quantitative estimate of drug-likeness (QED) is 0.570. The summed E-state index contributed by atoms with van der Waals surface area (Å²) in [4.78, 5) is 36.1. The van der Waals surface area contributed by atoms with Crippen molar-refractivity contribution in [1.82, 2.24) is 10.6 Å². The summed E-state index contributed by atoms with van der Waals surface area (Å²) in [6.07, 6.45) is 1.00. The fourth-order valence-corrected chi connectivity index (χ4v) is 3.06. The topological polar surface area (TPSA) is 93.7 Å². The minimum absolute atomic E-state index is 0.218. The molecule has 7 heteroatoms. The average molecular weight is 427 g/mol. The lowest BCUT2D eigenvalue weighted by Crippen LogP contribution is -2.34. The first kappa shape index (κ1) is 23.9. The van der Waals surface area contributed by atoms with Gasteiger partial charge in [0.1, 0.15) is 12.3 Å². The second-order valence-corrected chi connectivity index (χ2v) is 7.67. The maximum Gasteiger partial charge on any atom is 0.325 e. The first-order valence-corrected chi connectivity index (χ1v) is 10.2. The number of nitrogens with one attached hydrogen (secondary N) is 2. The monoisotopic (exact) mass is 426 g/mol. The molecule has 0 fully saturated rings. The lowest BCUT2D eigenvalue weighted by molar-refractivity contribution is -0.147. The molecule has 0 saturated heterocycles. The SMILES string of the molecule is COc1ccccc1C(=O)NCC(=O)OCC(=O)N[C@H](C)c1ccc(CC(C)C)cc1. The molecule has 0 saturated carbocycles. The molecule has 0 aromatic heterocycles. The van der Waals surface area contributed by atoms with E-state index in [-0.39, 0.29) is 12.6 Å². The van der Waals surface area contributed by atoms with Crippen LogP contribution in [-0.4, -0.2) is 38.0 Å². The van der Waals surface area contributed by atoms with Gasteiger partial charge in [-0.25, -0.2) is 0 Å². The summed E-state index contributed by atoms with van der Waals surface area (Å²) in [6.45, 7) is 5.44. The van der Waals surface area contributed by atoms with Gasteiger partial charge in [-0.2, -0.15) is 0 Å². The summed E-state index contributed by atoms with van der Waals surface area (Å²) in [5.41, 5.74) is 2.53.